The fraction of sp³-hybridized carbons (Fsp3) is 0.348. The maximum atomic E-state index is 12.8. The van der Waals surface area contributed by atoms with Crippen LogP contribution < -0.4 is 0 Å². The Morgan fingerprint density at radius 2 is 1.46 bits per heavy atom. The highest BCUT2D eigenvalue weighted by Gasteiger charge is 2.29. The molecule has 0 bridgehead atoms. The van der Waals surface area contributed by atoms with Crippen LogP contribution in [-0.4, -0.2) is 41.3 Å². The molecule has 1 aliphatic heterocycles. The third-order valence-electron chi connectivity index (χ3n) is 5.24. The van der Waals surface area contributed by atoms with Crippen molar-refractivity contribution in [1.29, 1.82) is 0 Å². The maximum Gasteiger partial charge on any atom is 0.339 e. The van der Waals surface area contributed by atoms with Gasteiger partial charge in [-0.15, -0.1) is 0 Å². The number of hydrogen-bond donors (Lipinski definition) is 0. The number of carbonyl (C=O) groups excluding carboxylic acids is 3. The zero-order valence-electron chi connectivity index (χ0n) is 16.3. The van der Waals surface area contributed by atoms with E-state index in [1.165, 1.54) is 0 Å². The summed E-state index contributed by atoms with van der Waals surface area (Å²) in [5, 5.41) is 0. The monoisotopic (exact) mass is 379 g/mol. The van der Waals surface area contributed by atoms with Gasteiger partial charge in [-0.3, -0.25) is 9.59 Å². The van der Waals surface area contributed by atoms with Gasteiger partial charge in [0.2, 0.25) is 0 Å². The van der Waals surface area contributed by atoms with E-state index in [1.54, 1.807) is 53.4 Å². The van der Waals surface area contributed by atoms with Crippen LogP contribution >= 0.6 is 0 Å². The lowest BCUT2D eigenvalue weighted by atomic mass is 9.97. The van der Waals surface area contributed by atoms with Crippen molar-refractivity contribution >= 4 is 17.7 Å². The molecule has 0 aromatic heterocycles. The van der Waals surface area contributed by atoms with Crippen molar-refractivity contribution in [3.8, 4) is 0 Å². The summed E-state index contributed by atoms with van der Waals surface area (Å²) in [5.41, 5.74) is 0.935. The van der Waals surface area contributed by atoms with Crippen molar-refractivity contribution in [3.05, 3.63) is 71.3 Å². The molecule has 5 nitrogen and oxygen atoms in total. The first kappa shape index (κ1) is 19.8. The van der Waals surface area contributed by atoms with Gasteiger partial charge in [0.25, 0.3) is 5.91 Å². The molecule has 0 saturated carbocycles. The number of carbonyl (C=O) groups is 3. The standard InChI is InChI=1S/C23H25NO4/c1-16-9-8-10-17(2)24(16)21(25)15-28-23(27)20-14-7-6-13-19(20)22(26)18-11-4-3-5-12-18/h3-7,11-14,16-17H,8-10,15H2,1-2H3/t16-,17-/m1/s1. The van der Waals surface area contributed by atoms with E-state index in [0.29, 0.717) is 5.56 Å². The Bertz CT molecular complexity index is 852. The fourth-order valence-electron chi connectivity index (χ4n) is 3.80. The van der Waals surface area contributed by atoms with E-state index in [9.17, 15) is 14.4 Å². The van der Waals surface area contributed by atoms with Gasteiger partial charge in [-0.2, -0.15) is 0 Å². The van der Waals surface area contributed by atoms with E-state index >= 15 is 0 Å². The van der Waals surface area contributed by atoms with Crippen LogP contribution in [0.25, 0.3) is 0 Å². The van der Waals surface area contributed by atoms with E-state index in [-0.39, 0.29) is 41.5 Å². The van der Waals surface area contributed by atoms with Crippen LogP contribution in [0.5, 0.6) is 0 Å². The van der Waals surface area contributed by atoms with Crippen molar-refractivity contribution in [2.24, 2.45) is 0 Å². The summed E-state index contributed by atoms with van der Waals surface area (Å²) < 4.78 is 5.28. The lowest BCUT2D eigenvalue weighted by Gasteiger charge is -2.38. The fourth-order valence-corrected chi connectivity index (χ4v) is 3.80. The molecule has 28 heavy (non-hydrogen) atoms. The van der Waals surface area contributed by atoms with Crippen LogP contribution in [0, 0.1) is 0 Å². The highest BCUT2D eigenvalue weighted by atomic mass is 16.5. The van der Waals surface area contributed by atoms with E-state index in [1.807, 2.05) is 19.9 Å². The van der Waals surface area contributed by atoms with Gasteiger partial charge < -0.3 is 9.64 Å². The Labute approximate surface area is 165 Å². The van der Waals surface area contributed by atoms with Gasteiger partial charge in [0, 0.05) is 23.2 Å². The molecular weight excluding hydrogens is 354 g/mol. The minimum atomic E-state index is -0.662. The Hall–Kier alpha value is -2.95. The summed E-state index contributed by atoms with van der Waals surface area (Å²) in [6.45, 7) is 3.72. The van der Waals surface area contributed by atoms with Crippen LogP contribution in [0.1, 0.15) is 59.4 Å². The average Bonchev–Trinajstić information content (AvgIpc) is 2.72. The van der Waals surface area contributed by atoms with Gasteiger partial charge >= 0.3 is 5.97 Å². The number of piperidine rings is 1. The van der Waals surface area contributed by atoms with Crippen LogP contribution in [-0.2, 0) is 9.53 Å². The minimum absolute atomic E-state index is 0.141. The predicted octanol–water partition coefficient (Wildman–Crippen LogP) is 3.86. The smallest absolute Gasteiger partial charge is 0.339 e. The number of ether oxygens (including phenoxy) is 1. The molecule has 1 fully saturated rings. The minimum Gasteiger partial charge on any atom is -0.452 e. The summed E-state index contributed by atoms with van der Waals surface area (Å²) in [4.78, 5) is 39.7. The molecule has 1 amide bonds. The Kier molecular flexibility index (Phi) is 6.24. The van der Waals surface area contributed by atoms with E-state index in [4.69, 9.17) is 4.74 Å². The summed E-state index contributed by atoms with van der Waals surface area (Å²) in [7, 11) is 0. The second kappa shape index (κ2) is 8.83. The van der Waals surface area contributed by atoms with Crippen molar-refractivity contribution in [2.75, 3.05) is 6.61 Å². The summed E-state index contributed by atoms with van der Waals surface area (Å²) in [5.74, 6) is -1.11. The van der Waals surface area contributed by atoms with Gasteiger partial charge in [-0.05, 0) is 39.2 Å². The van der Waals surface area contributed by atoms with E-state index in [0.717, 1.165) is 19.3 Å². The number of amides is 1. The first-order valence-corrected chi connectivity index (χ1v) is 9.66. The lowest BCUT2D eigenvalue weighted by Crippen LogP contribution is -2.49. The largest absolute Gasteiger partial charge is 0.452 e. The lowest BCUT2D eigenvalue weighted by molar-refractivity contribution is -0.140. The number of rotatable bonds is 5. The molecule has 1 aliphatic rings. The quantitative estimate of drug-likeness (QED) is 0.584. The SMILES string of the molecule is C[C@@H]1CCC[C@@H](C)N1C(=O)COC(=O)c1ccccc1C(=O)c1ccccc1. The van der Waals surface area contributed by atoms with Gasteiger partial charge in [-0.25, -0.2) is 4.79 Å². The number of benzene rings is 2. The van der Waals surface area contributed by atoms with Gasteiger partial charge in [0.05, 0.1) is 5.56 Å². The first-order valence-electron chi connectivity index (χ1n) is 9.66. The molecule has 1 heterocycles. The Morgan fingerprint density at radius 3 is 2.11 bits per heavy atom. The van der Waals surface area contributed by atoms with Crippen molar-refractivity contribution in [2.45, 2.75) is 45.2 Å². The Balaban J connectivity index is 1.71. The summed E-state index contributed by atoms with van der Waals surface area (Å²) >= 11 is 0. The van der Waals surface area contributed by atoms with E-state index < -0.39 is 5.97 Å². The van der Waals surface area contributed by atoms with Crippen molar-refractivity contribution in [1.82, 2.24) is 4.90 Å². The second-order valence-electron chi connectivity index (χ2n) is 7.25. The molecule has 5 heteroatoms. The molecule has 0 radical (unpaired) electrons. The number of esters is 1. The maximum absolute atomic E-state index is 12.8. The molecule has 2 aromatic rings. The highest BCUT2D eigenvalue weighted by Crippen LogP contribution is 2.23. The average molecular weight is 379 g/mol. The predicted molar refractivity (Wildman–Crippen MR) is 106 cm³/mol. The zero-order chi connectivity index (χ0) is 20.1. The highest BCUT2D eigenvalue weighted by molar-refractivity contribution is 6.14. The Morgan fingerprint density at radius 1 is 0.893 bits per heavy atom. The van der Waals surface area contributed by atoms with Crippen LogP contribution in [0.3, 0.4) is 0 Å². The van der Waals surface area contributed by atoms with Gasteiger partial charge in [-0.1, -0.05) is 48.5 Å². The molecule has 0 aliphatic carbocycles. The number of hydrogen-bond acceptors (Lipinski definition) is 4. The van der Waals surface area contributed by atoms with Gasteiger partial charge in [0.15, 0.2) is 12.4 Å². The molecule has 0 spiro atoms. The topological polar surface area (TPSA) is 63.7 Å². The van der Waals surface area contributed by atoms with Gasteiger partial charge in [0.1, 0.15) is 0 Å². The number of nitrogens with zero attached hydrogens (tertiary/aromatic N) is 1. The number of likely N-dealkylation sites (tertiary alicyclic amines) is 1. The van der Waals surface area contributed by atoms with E-state index in [2.05, 4.69) is 0 Å². The van der Waals surface area contributed by atoms with Crippen LogP contribution in [0.2, 0.25) is 0 Å². The van der Waals surface area contributed by atoms with Crippen molar-refractivity contribution in [3.63, 3.8) is 0 Å². The molecule has 3 rings (SSSR count). The molecule has 1 saturated heterocycles. The first-order chi connectivity index (χ1) is 13.5. The molecule has 0 N–H and O–H groups in total. The summed E-state index contributed by atoms with van der Waals surface area (Å²) in [6, 6.07) is 15.6. The normalized spacial score (nSPS) is 19.1. The zero-order valence-corrected chi connectivity index (χ0v) is 16.3. The number of ketones is 1. The third-order valence-corrected chi connectivity index (χ3v) is 5.24. The van der Waals surface area contributed by atoms with Crippen molar-refractivity contribution < 1.29 is 19.1 Å². The molecule has 146 valence electrons. The summed E-state index contributed by atoms with van der Waals surface area (Å²) in [6.07, 6.45) is 3.01. The van der Waals surface area contributed by atoms with Crippen LogP contribution in [0.15, 0.2) is 54.6 Å². The molecule has 2 aromatic carbocycles. The molecular formula is C23H25NO4. The third kappa shape index (κ3) is 4.30. The second-order valence-corrected chi connectivity index (χ2v) is 7.25. The molecule has 0 unspecified atom stereocenters. The van der Waals surface area contributed by atoms with Crippen LogP contribution in [0.4, 0.5) is 0 Å². The molecule has 2 atom stereocenters.